The van der Waals surface area contributed by atoms with Gasteiger partial charge in [-0.15, -0.1) is 11.3 Å². The van der Waals surface area contributed by atoms with Crippen molar-refractivity contribution in [2.75, 3.05) is 0 Å². The van der Waals surface area contributed by atoms with Crippen LogP contribution in [0, 0.1) is 15.9 Å². The van der Waals surface area contributed by atoms with Crippen LogP contribution < -0.4 is 5.32 Å². The Morgan fingerprint density at radius 1 is 1.43 bits per heavy atom. The molecule has 0 aliphatic rings. The second-order valence-electron chi connectivity index (χ2n) is 4.26. The molecule has 0 spiro atoms. The first-order valence-electron chi connectivity index (χ1n) is 5.88. The Labute approximate surface area is 128 Å². The van der Waals surface area contributed by atoms with E-state index in [0.717, 1.165) is 17.0 Å². The third kappa shape index (κ3) is 3.56. The standard InChI is InChI=1S/C13H10ClFN2O3S/c1-7(11-4-5-12(14)21-11)16-13(18)8-2-3-9(15)10(6-8)17(19)20/h2-7H,1H3,(H,16,18). The summed E-state index contributed by atoms with van der Waals surface area (Å²) in [7, 11) is 0. The molecule has 1 unspecified atom stereocenters. The average Bonchev–Trinajstić information content (AvgIpc) is 2.85. The van der Waals surface area contributed by atoms with Crippen molar-refractivity contribution in [3.63, 3.8) is 0 Å². The Kier molecular flexibility index (Phi) is 4.54. The fourth-order valence-corrected chi connectivity index (χ4v) is 2.77. The maximum Gasteiger partial charge on any atom is 0.305 e. The number of benzene rings is 1. The highest BCUT2D eigenvalue weighted by atomic mass is 35.5. The van der Waals surface area contributed by atoms with Gasteiger partial charge in [0.25, 0.3) is 5.91 Å². The molecule has 21 heavy (non-hydrogen) atoms. The van der Waals surface area contributed by atoms with Gasteiger partial charge >= 0.3 is 5.69 Å². The van der Waals surface area contributed by atoms with E-state index in [2.05, 4.69) is 5.32 Å². The summed E-state index contributed by atoms with van der Waals surface area (Å²) in [5.41, 5.74) is -0.702. The van der Waals surface area contributed by atoms with Gasteiger partial charge in [0.05, 0.1) is 15.3 Å². The average molecular weight is 329 g/mol. The molecule has 8 heteroatoms. The lowest BCUT2D eigenvalue weighted by Crippen LogP contribution is -2.26. The van der Waals surface area contributed by atoms with Crippen LogP contribution in [0.1, 0.15) is 28.2 Å². The molecule has 1 N–H and O–H groups in total. The fourth-order valence-electron chi connectivity index (χ4n) is 1.71. The van der Waals surface area contributed by atoms with E-state index in [1.54, 1.807) is 19.1 Å². The largest absolute Gasteiger partial charge is 0.345 e. The van der Waals surface area contributed by atoms with E-state index in [1.807, 2.05) is 0 Å². The van der Waals surface area contributed by atoms with Crippen LogP contribution in [-0.4, -0.2) is 10.8 Å². The molecule has 0 aliphatic heterocycles. The van der Waals surface area contributed by atoms with E-state index in [9.17, 15) is 19.3 Å². The zero-order chi connectivity index (χ0) is 15.6. The molecule has 2 aromatic rings. The molecule has 110 valence electrons. The second kappa shape index (κ2) is 6.19. The third-order valence-corrected chi connectivity index (χ3v) is 4.19. The van der Waals surface area contributed by atoms with Crippen molar-refractivity contribution in [3.8, 4) is 0 Å². The molecule has 0 saturated heterocycles. The highest BCUT2D eigenvalue weighted by Gasteiger charge is 2.19. The van der Waals surface area contributed by atoms with Crippen molar-refractivity contribution in [1.29, 1.82) is 0 Å². The molecule has 0 saturated carbocycles. The Morgan fingerprint density at radius 2 is 2.14 bits per heavy atom. The normalized spacial score (nSPS) is 12.0. The molecule has 1 aromatic carbocycles. The minimum atomic E-state index is -0.977. The minimum absolute atomic E-state index is 0.0256. The number of rotatable bonds is 4. The smallest absolute Gasteiger partial charge is 0.305 e. The lowest BCUT2D eigenvalue weighted by Gasteiger charge is -2.12. The summed E-state index contributed by atoms with van der Waals surface area (Å²) in [6.07, 6.45) is 0. The molecule has 0 aliphatic carbocycles. The van der Waals surface area contributed by atoms with Gasteiger partial charge in [-0.25, -0.2) is 0 Å². The van der Waals surface area contributed by atoms with Crippen molar-refractivity contribution >= 4 is 34.5 Å². The van der Waals surface area contributed by atoms with Crippen LogP contribution in [0.15, 0.2) is 30.3 Å². The fraction of sp³-hybridized carbons (Fsp3) is 0.154. The van der Waals surface area contributed by atoms with Gasteiger partial charge in [-0.05, 0) is 31.2 Å². The van der Waals surface area contributed by atoms with Crippen molar-refractivity contribution in [3.05, 3.63) is 61.0 Å². The lowest BCUT2D eigenvalue weighted by molar-refractivity contribution is -0.387. The molecule has 5 nitrogen and oxygen atoms in total. The summed E-state index contributed by atoms with van der Waals surface area (Å²) >= 11 is 7.15. The molecule has 0 fully saturated rings. The number of amides is 1. The molecule has 0 bridgehead atoms. The number of nitrogens with zero attached hydrogens (tertiary/aromatic N) is 1. The summed E-state index contributed by atoms with van der Waals surface area (Å²) in [4.78, 5) is 22.7. The number of nitro benzene ring substituents is 1. The Balaban J connectivity index is 2.17. The van der Waals surface area contributed by atoms with Crippen molar-refractivity contribution < 1.29 is 14.1 Å². The first-order chi connectivity index (χ1) is 9.88. The Hall–Kier alpha value is -1.99. The van der Waals surface area contributed by atoms with E-state index in [4.69, 9.17) is 11.6 Å². The van der Waals surface area contributed by atoms with Crippen LogP contribution in [0.5, 0.6) is 0 Å². The van der Waals surface area contributed by atoms with Gasteiger partial charge in [0.2, 0.25) is 5.82 Å². The second-order valence-corrected chi connectivity index (χ2v) is 6.01. The van der Waals surface area contributed by atoms with Crippen LogP contribution in [0.3, 0.4) is 0 Å². The number of halogens is 2. The SMILES string of the molecule is CC(NC(=O)c1ccc(F)c([N+](=O)[O-])c1)c1ccc(Cl)s1. The van der Waals surface area contributed by atoms with Crippen molar-refractivity contribution in [1.82, 2.24) is 5.32 Å². The zero-order valence-corrected chi connectivity index (χ0v) is 12.4. The van der Waals surface area contributed by atoms with Gasteiger partial charge in [0.15, 0.2) is 0 Å². The zero-order valence-electron chi connectivity index (χ0n) is 10.8. The molecule has 1 aromatic heterocycles. The molecule has 0 radical (unpaired) electrons. The Morgan fingerprint density at radius 3 is 2.71 bits per heavy atom. The number of hydrogen-bond acceptors (Lipinski definition) is 4. The number of carbonyl (C=O) groups is 1. The third-order valence-electron chi connectivity index (χ3n) is 2.77. The van der Waals surface area contributed by atoms with Crippen LogP contribution in [0.4, 0.5) is 10.1 Å². The first kappa shape index (κ1) is 15.4. The lowest BCUT2D eigenvalue weighted by atomic mass is 10.1. The topological polar surface area (TPSA) is 72.2 Å². The van der Waals surface area contributed by atoms with Crippen molar-refractivity contribution in [2.45, 2.75) is 13.0 Å². The van der Waals surface area contributed by atoms with Crippen LogP contribution in [0.2, 0.25) is 4.34 Å². The van der Waals surface area contributed by atoms with Crippen molar-refractivity contribution in [2.24, 2.45) is 0 Å². The maximum atomic E-state index is 13.2. The van der Waals surface area contributed by atoms with E-state index in [1.165, 1.54) is 17.4 Å². The molecular formula is C13H10ClFN2O3S. The van der Waals surface area contributed by atoms with Gasteiger partial charge in [-0.2, -0.15) is 4.39 Å². The van der Waals surface area contributed by atoms with Gasteiger partial charge < -0.3 is 5.32 Å². The van der Waals surface area contributed by atoms with Gasteiger partial charge in [0.1, 0.15) is 0 Å². The summed E-state index contributed by atoms with van der Waals surface area (Å²) in [5, 5.41) is 13.3. The van der Waals surface area contributed by atoms with Crippen LogP contribution in [0.25, 0.3) is 0 Å². The highest BCUT2D eigenvalue weighted by molar-refractivity contribution is 7.16. The monoisotopic (exact) mass is 328 g/mol. The predicted octanol–water partition coefficient (Wildman–Crippen LogP) is 3.94. The number of carbonyl (C=O) groups excluding carboxylic acids is 1. The van der Waals surface area contributed by atoms with Crippen LogP contribution in [-0.2, 0) is 0 Å². The molecular weight excluding hydrogens is 319 g/mol. The maximum absolute atomic E-state index is 13.2. The number of thiophene rings is 1. The van der Waals surface area contributed by atoms with Gasteiger partial charge in [-0.3, -0.25) is 14.9 Å². The summed E-state index contributed by atoms with van der Waals surface area (Å²) in [5.74, 6) is -1.50. The summed E-state index contributed by atoms with van der Waals surface area (Å²) in [6.45, 7) is 1.76. The quantitative estimate of drug-likeness (QED) is 0.682. The van der Waals surface area contributed by atoms with E-state index in [0.29, 0.717) is 4.34 Å². The molecule has 2 rings (SSSR count). The van der Waals surface area contributed by atoms with Gasteiger partial charge in [0, 0.05) is 16.5 Å². The number of nitro groups is 1. The minimum Gasteiger partial charge on any atom is -0.345 e. The van der Waals surface area contributed by atoms with Crippen LogP contribution >= 0.6 is 22.9 Å². The van der Waals surface area contributed by atoms with E-state index < -0.39 is 22.3 Å². The summed E-state index contributed by atoms with van der Waals surface area (Å²) < 4.78 is 13.8. The predicted molar refractivity (Wildman–Crippen MR) is 78.3 cm³/mol. The number of hydrogen-bond donors (Lipinski definition) is 1. The van der Waals surface area contributed by atoms with E-state index in [-0.39, 0.29) is 11.6 Å². The molecule has 1 amide bonds. The first-order valence-corrected chi connectivity index (χ1v) is 7.08. The highest BCUT2D eigenvalue weighted by Crippen LogP contribution is 2.27. The summed E-state index contributed by atoms with van der Waals surface area (Å²) in [6, 6.07) is 6.21. The Bertz CT molecular complexity index is 704. The molecule has 1 atom stereocenters. The number of nitrogens with one attached hydrogen (secondary N) is 1. The molecule has 1 heterocycles. The van der Waals surface area contributed by atoms with E-state index >= 15 is 0 Å². The van der Waals surface area contributed by atoms with Gasteiger partial charge in [-0.1, -0.05) is 11.6 Å².